The molecule has 3 amide bonds. The summed E-state index contributed by atoms with van der Waals surface area (Å²) in [5, 5.41) is 16.2. The Morgan fingerprint density at radius 1 is 1.03 bits per heavy atom. The number of ketones is 1. The Morgan fingerprint density at radius 2 is 1.64 bits per heavy atom. The molecule has 2 aliphatic rings. The normalized spacial score (nSPS) is 23.6. The van der Waals surface area contributed by atoms with E-state index < -0.39 is 53.2 Å². The Morgan fingerprint density at radius 3 is 2.21 bits per heavy atom. The van der Waals surface area contributed by atoms with E-state index in [0.29, 0.717) is 12.2 Å². The predicted molar refractivity (Wildman–Crippen MR) is 149 cm³/mol. The van der Waals surface area contributed by atoms with Crippen LogP contribution in [-0.2, 0) is 14.4 Å². The number of H-pyrrole nitrogens is 1. The summed E-state index contributed by atoms with van der Waals surface area (Å²) in [6.45, 7) is 15.0. The number of nitrogens with zero attached hydrogens (tertiary/aromatic N) is 1. The van der Waals surface area contributed by atoms with Gasteiger partial charge in [0, 0.05) is 17.4 Å². The number of para-hydroxylation sites is 1. The molecule has 2 aromatic rings. The second-order valence-corrected chi connectivity index (χ2v) is 13.9. The topological polar surface area (TPSA) is 132 Å². The summed E-state index contributed by atoms with van der Waals surface area (Å²) in [6, 6.07) is 6.76. The quantitative estimate of drug-likeness (QED) is 0.431. The van der Waals surface area contributed by atoms with Crippen molar-refractivity contribution in [1.29, 1.82) is 0 Å². The van der Waals surface area contributed by atoms with Gasteiger partial charge in [-0.25, -0.2) is 0 Å². The van der Waals surface area contributed by atoms with E-state index in [-0.39, 0.29) is 23.2 Å². The molecule has 0 bridgehead atoms. The third kappa shape index (κ3) is 5.33. The number of amides is 3. The summed E-state index contributed by atoms with van der Waals surface area (Å²) in [7, 11) is 0. The Balaban J connectivity index is 1.60. The summed E-state index contributed by atoms with van der Waals surface area (Å²) in [6.07, 6.45) is 0. The number of Topliss-reactive ketones (excluding diaryl/α,β-unsaturated/α-hetero) is 1. The fraction of sp³-hybridized carbons (Fsp3) is 0.600. The number of hydrogen-bond donors (Lipinski definition) is 4. The molecule has 0 radical (unpaired) electrons. The molecule has 1 saturated carbocycles. The van der Waals surface area contributed by atoms with Gasteiger partial charge >= 0.3 is 0 Å². The van der Waals surface area contributed by atoms with Crippen LogP contribution >= 0.6 is 0 Å². The van der Waals surface area contributed by atoms with Gasteiger partial charge in [-0.1, -0.05) is 73.6 Å². The van der Waals surface area contributed by atoms with Crippen molar-refractivity contribution < 1.29 is 24.3 Å². The smallest absolute Gasteiger partial charge is 0.268 e. The second-order valence-electron chi connectivity index (χ2n) is 13.9. The number of likely N-dealkylation sites (tertiary alicyclic amines) is 1. The highest BCUT2D eigenvalue weighted by Crippen LogP contribution is 2.65. The van der Waals surface area contributed by atoms with Crippen LogP contribution in [0.4, 0.5) is 0 Å². The number of aliphatic hydroxyl groups excluding tert-OH is 1. The molecular weight excluding hydrogens is 496 g/mol. The molecule has 2 fully saturated rings. The maximum absolute atomic E-state index is 14.1. The van der Waals surface area contributed by atoms with Gasteiger partial charge in [0.15, 0.2) is 5.78 Å². The monoisotopic (exact) mass is 538 g/mol. The molecule has 2 heterocycles. The second kappa shape index (κ2) is 9.77. The first-order valence-corrected chi connectivity index (χ1v) is 13.6. The van der Waals surface area contributed by atoms with Crippen LogP contribution in [0.5, 0.6) is 0 Å². The first-order chi connectivity index (χ1) is 18.0. The molecule has 212 valence electrons. The maximum atomic E-state index is 14.1. The number of aromatic nitrogens is 1. The number of rotatable bonds is 7. The summed E-state index contributed by atoms with van der Waals surface area (Å²) in [4.78, 5) is 58.4. The lowest BCUT2D eigenvalue weighted by Crippen LogP contribution is -2.61. The van der Waals surface area contributed by atoms with E-state index in [1.807, 2.05) is 65.8 Å². The van der Waals surface area contributed by atoms with Gasteiger partial charge in [-0.15, -0.1) is 0 Å². The van der Waals surface area contributed by atoms with Gasteiger partial charge in [0.05, 0.1) is 6.04 Å². The van der Waals surface area contributed by atoms with Crippen LogP contribution in [0.25, 0.3) is 10.9 Å². The minimum absolute atomic E-state index is 0.0590. The number of nitrogens with one attached hydrogen (secondary N) is 3. The lowest BCUT2D eigenvalue weighted by molar-refractivity contribution is -0.145. The number of carbonyl (C=O) groups is 4. The van der Waals surface area contributed by atoms with E-state index in [1.54, 1.807) is 11.0 Å². The molecular formula is C30H42N4O5. The molecule has 9 nitrogen and oxygen atoms in total. The average molecular weight is 539 g/mol. The van der Waals surface area contributed by atoms with Crippen LogP contribution in [0.2, 0.25) is 0 Å². The van der Waals surface area contributed by atoms with Crippen LogP contribution < -0.4 is 10.6 Å². The number of aliphatic hydroxyl groups is 1. The fourth-order valence-electron chi connectivity index (χ4n) is 6.13. The van der Waals surface area contributed by atoms with Crippen molar-refractivity contribution >= 4 is 34.4 Å². The standard InChI is InChI=1S/C30H42N4O5/c1-28(2,3)23(20(36)15-35)32-26(38)22-21-17(30(21,7)8)14-34(22)27(39)24(29(4,5)6)33-25(37)19-13-16-11-9-10-12-18(16)31-19/h9-13,17,21-24,31,35H,14-15H2,1-8H3,(H,32,38)(H,33,37)/t17-,21-,22-,23?,24+/m0/s1. The summed E-state index contributed by atoms with van der Waals surface area (Å²) < 4.78 is 0. The van der Waals surface area contributed by atoms with Crippen molar-refractivity contribution in [1.82, 2.24) is 20.5 Å². The van der Waals surface area contributed by atoms with Crippen LogP contribution in [0.15, 0.2) is 30.3 Å². The number of hydrogen-bond acceptors (Lipinski definition) is 5. The molecule has 0 spiro atoms. The first kappa shape index (κ1) is 28.8. The third-order valence-corrected chi connectivity index (χ3v) is 8.55. The summed E-state index contributed by atoms with van der Waals surface area (Å²) >= 11 is 0. The highest BCUT2D eigenvalue weighted by atomic mass is 16.3. The molecule has 4 rings (SSSR count). The van der Waals surface area contributed by atoms with Crippen molar-refractivity contribution in [3.8, 4) is 0 Å². The number of aromatic amines is 1. The van der Waals surface area contributed by atoms with Crippen molar-refractivity contribution in [2.45, 2.75) is 73.5 Å². The molecule has 4 N–H and O–H groups in total. The minimum atomic E-state index is -0.895. The van der Waals surface area contributed by atoms with Crippen molar-refractivity contribution in [2.24, 2.45) is 28.1 Å². The number of piperidine rings is 1. The lowest BCUT2D eigenvalue weighted by atomic mass is 9.83. The zero-order valence-electron chi connectivity index (χ0n) is 24.2. The number of benzene rings is 1. The Labute approximate surface area is 230 Å². The van der Waals surface area contributed by atoms with Gasteiger partial charge in [-0.3, -0.25) is 19.2 Å². The van der Waals surface area contributed by atoms with Gasteiger partial charge in [0.25, 0.3) is 5.91 Å². The minimum Gasteiger partial charge on any atom is -0.389 e. The molecule has 1 aliphatic heterocycles. The van der Waals surface area contributed by atoms with Crippen molar-refractivity contribution in [3.63, 3.8) is 0 Å². The van der Waals surface area contributed by atoms with Crippen LogP contribution in [0, 0.1) is 28.1 Å². The Kier molecular flexibility index (Phi) is 7.21. The molecule has 39 heavy (non-hydrogen) atoms. The van der Waals surface area contributed by atoms with E-state index in [9.17, 15) is 24.3 Å². The first-order valence-electron chi connectivity index (χ1n) is 13.6. The molecule has 1 aromatic heterocycles. The van der Waals surface area contributed by atoms with E-state index in [0.717, 1.165) is 10.9 Å². The van der Waals surface area contributed by atoms with Gasteiger partial charge in [0.2, 0.25) is 11.8 Å². The predicted octanol–water partition coefficient (Wildman–Crippen LogP) is 2.89. The SMILES string of the molecule is CC(C)(C)C(NC(=O)[C@@H]1[C@@H]2[C@H](CN1C(=O)[C@@H](NC(=O)c1cc3ccccc3[nH]1)C(C)(C)C)C2(C)C)C(=O)CO. The number of carbonyl (C=O) groups excluding carboxylic acids is 4. The highest BCUT2D eigenvalue weighted by Gasteiger charge is 2.70. The lowest BCUT2D eigenvalue weighted by Gasteiger charge is -2.38. The third-order valence-electron chi connectivity index (χ3n) is 8.55. The average Bonchev–Trinajstić information content (AvgIpc) is 3.22. The number of fused-ring (bicyclic) bond motifs is 2. The molecule has 1 aliphatic carbocycles. The van der Waals surface area contributed by atoms with E-state index in [4.69, 9.17) is 0 Å². The van der Waals surface area contributed by atoms with Crippen LogP contribution in [-0.4, -0.2) is 69.8 Å². The van der Waals surface area contributed by atoms with Gasteiger partial charge in [-0.05, 0) is 40.2 Å². The van der Waals surface area contributed by atoms with E-state index in [2.05, 4.69) is 29.5 Å². The highest BCUT2D eigenvalue weighted by molar-refractivity contribution is 6.01. The van der Waals surface area contributed by atoms with Gasteiger partial charge < -0.3 is 25.6 Å². The van der Waals surface area contributed by atoms with Gasteiger partial charge in [0.1, 0.15) is 24.4 Å². The zero-order valence-corrected chi connectivity index (χ0v) is 24.2. The molecule has 9 heteroatoms. The summed E-state index contributed by atoms with van der Waals surface area (Å²) in [5.41, 5.74) is -0.202. The summed E-state index contributed by atoms with van der Waals surface area (Å²) in [5.74, 6) is -1.52. The van der Waals surface area contributed by atoms with E-state index >= 15 is 0 Å². The van der Waals surface area contributed by atoms with Crippen LogP contribution in [0.1, 0.15) is 65.9 Å². The Hall–Kier alpha value is -3.20. The van der Waals surface area contributed by atoms with Crippen molar-refractivity contribution in [3.05, 3.63) is 36.0 Å². The molecule has 1 aromatic carbocycles. The van der Waals surface area contributed by atoms with E-state index in [1.165, 1.54) is 0 Å². The largest absolute Gasteiger partial charge is 0.389 e. The fourth-order valence-corrected chi connectivity index (χ4v) is 6.13. The molecule has 5 atom stereocenters. The Bertz CT molecular complexity index is 1270. The van der Waals surface area contributed by atoms with Gasteiger partial charge in [-0.2, -0.15) is 0 Å². The van der Waals surface area contributed by atoms with Crippen LogP contribution in [0.3, 0.4) is 0 Å². The maximum Gasteiger partial charge on any atom is 0.268 e. The molecule has 1 saturated heterocycles. The van der Waals surface area contributed by atoms with Crippen molar-refractivity contribution in [2.75, 3.05) is 13.2 Å². The zero-order chi connectivity index (χ0) is 29.1. The molecule has 1 unspecified atom stereocenters.